The highest BCUT2D eigenvalue weighted by molar-refractivity contribution is 14.0. The summed E-state index contributed by atoms with van der Waals surface area (Å²) in [5.41, 5.74) is 1.50. The first kappa shape index (κ1) is 23.8. The molecule has 3 saturated heterocycles. The lowest BCUT2D eigenvalue weighted by molar-refractivity contribution is 0.0992. The van der Waals surface area contributed by atoms with E-state index in [2.05, 4.69) is 50.9 Å². The summed E-state index contributed by atoms with van der Waals surface area (Å²) < 4.78 is 5.93. The average molecular weight is 527 g/mol. The third-order valence-electron chi connectivity index (χ3n) is 6.92. The Balaban J connectivity index is 0.00000256. The fourth-order valence-electron chi connectivity index (χ4n) is 5.19. The summed E-state index contributed by atoms with van der Waals surface area (Å²) in [6.45, 7) is 4.74. The maximum absolute atomic E-state index is 5.93. The highest BCUT2D eigenvalue weighted by Gasteiger charge is 2.41. The van der Waals surface area contributed by atoms with Crippen LogP contribution in [0, 0.1) is 5.92 Å². The van der Waals surface area contributed by atoms with Crippen molar-refractivity contribution in [3.8, 4) is 0 Å². The first-order valence-corrected chi connectivity index (χ1v) is 11.7. The fourth-order valence-corrected chi connectivity index (χ4v) is 5.19. The summed E-state index contributed by atoms with van der Waals surface area (Å²) in [5.74, 6) is 1.80. The second-order valence-electron chi connectivity index (χ2n) is 9.04. The quantitative estimate of drug-likeness (QED) is 0.234. The van der Waals surface area contributed by atoms with Crippen LogP contribution >= 0.6 is 24.0 Å². The zero-order valence-corrected chi connectivity index (χ0v) is 20.7. The van der Waals surface area contributed by atoms with Crippen molar-refractivity contribution in [2.24, 2.45) is 10.9 Å². The molecule has 3 aliphatic rings. The van der Waals surface area contributed by atoms with Crippen molar-refractivity contribution in [3.63, 3.8) is 0 Å². The van der Waals surface area contributed by atoms with Crippen LogP contribution in [0.1, 0.15) is 50.5 Å². The molecule has 3 heterocycles. The lowest BCUT2D eigenvalue weighted by Gasteiger charge is -2.32. The Hall–Kier alpha value is -0.860. The van der Waals surface area contributed by atoms with Gasteiger partial charge in [-0.15, -0.1) is 24.0 Å². The Bertz CT molecular complexity index is 648. The summed E-state index contributed by atoms with van der Waals surface area (Å²) in [6.07, 6.45) is 10.8. The van der Waals surface area contributed by atoms with Crippen LogP contribution in [0.25, 0.3) is 0 Å². The first-order valence-electron chi connectivity index (χ1n) is 11.7. The minimum Gasteiger partial charge on any atom is -0.373 e. The standard InChI is InChI=1S/C24H38N4O.HI/c1-25-24(27-22-18-21-9-10-23(22)29-21)26-13-5-6-14-28-15-11-20(12-16-28)17-19-7-3-2-4-8-19;/h2-4,7-8,20-23H,5-6,9-18H2,1H3,(H2,25,26,27);1H. The van der Waals surface area contributed by atoms with Crippen molar-refractivity contribution in [1.29, 1.82) is 0 Å². The lowest BCUT2D eigenvalue weighted by atomic mass is 9.90. The zero-order valence-electron chi connectivity index (χ0n) is 18.4. The van der Waals surface area contributed by atoms with Crippen LogP contribution in [-0.2, 0) is 11.2 Å². The number of piperidine rings is 1. The summed E-state index contributed by atoms with van der Waals surface area (Å²) in [4.78, 5) is 7.05. The van der Waals surface area contributed by atoms with Crippen LogP contribution in [0.3, 0.4) is 0 Å². The van der Waals surface area contributed by atoms with Crippen LogP contribution in [0.2, 0.25) is 0 Å². The van der Waals surface area contributed by atoms with E-state index in [1.54, 1.807) is 0 Å². The van der Waals surface area contributed by atoms with Crippen LogP contribution in [0.4, 0.5) is 0 Å². The first-order chi connectivity index (χ1) is 14.3. The van der Waals surface area contributed by atoms with E-state index in [1.165, 1.54) is 70.1 Å². The SMILES string of the molecule is CN=C(NCCCCN1CCC(Cc2ccccc2)CC1)NC1CC2CCC1O2.I. The third-order valence-corrected chi connectivity index (χ3v) is 6.92. The van der Waals surface area contributed by atoms with Gasteiger partial charge in [-0.2, -0.15) is 0 Å². The van der Waals surface area contributed by atoms with Gasteiger partial charge in [0.15, 0.2) is 5.96 Å². The van der Waals surface area contributed by atoms with E-state index in [-0.39, 0.29) is 24.0 Å². The largest absolute Gasteiger partial charge is 0.373 e. The number of fused-ring (bicyclic) bond motifs is 2. The summed E-state index contributed by atoms with van der Waals surface area (Å²) in [6, 6.07) is 11.4. The van der Waals surface area contributed by atoms with Crippen molar-refractivity contribution in [2.75, 3.05) is 33.2 Å². The molecular formula is C24H39IN4O. The van der Waals surface area contributed by atoms with Gasteiger partial charge in [0.05, 0.1) is 18.2 Å². The number of likely N-dealkylation sites (tertiary alicyclic amines) is 1. The van der Waals surface area contributed by atoms with Gasteiger partial charge >= 0.3 is 0 Å². The van der Waals surface area contributed by atoms with Gasteiger partial charge in [-0.25, -0.2) is 0 Å². The normalized spacial score (nSPS) is 27.1. The number of unbranched alkanes of at least 4 members (excludes halogenated alkanes) is 1. The summed E-state index contributed by atoms with van der Waals surface area (Å²) in [7, 11) is 1.86. The smallest absolute Gasteiger partial charge is 0.191 e. The predicted octanol–water partition coefficient (Wildman–Crippen LogP) is 3.82. The highest BCUT2D eigenvalue weighted by Crippen LogP contribution is 2.34. The molecule has 6 heteroatoms. The van der Waals surface area contributed by atoms with Crippen molar-refractivity contribution in [3.05, 3.63) is 35.9 Å². The lowest BCUT2D eigenvalue weighted by Crippen LogP contribution is -2.47. The van der Waals surface area contributed by atoms with Gasteiger partial charge in [-0.05, 0) is 82.5 Å². The number of rotatable bonds is 8. The molecule has 0 amide bonds. The second kappa shape index (κ2) is 12.2. The van der Waals surface area contributed by atoms with E-state index >= 15 is 0 Å². The molecular weight excluding hydrogens is 487 g/mol. The monoisotopic (exact) mass is 526 g/mol. The Morgan fingerprint density at radius 1 is 1.10 bits per heavy atom. The number of ether oxygens (including phenoxy) is 1. The van der Waals surface area contributed by atoms with Gasteiger partial charge in [0.1, 0.15) is 0 Å². The number of benzene rings is 1. The number of guanidine groups is 1. The van der Waals surface area contributed by atoms with E-state index in [9.17, 15) is 0 Å². The molecule has 3 fully saturated rings. The minimum absolute atomic E-state index is 0. The zero-order chi connectivity index (χ0) is 19.9. The van der Waals surface area contributed by atoms with Gasteiger partial charge in [-0.1, -0.05) is 30.3 Å². The number of aliphatic imine (C=N–C) groups is 1. The number of nitrogens with zero attached hydrogens (tertiary/aromatic N) is 2. The number of nitrogens with one attached hydrogen (secondary N) is 2. The van der Waals surface area contributed by atoms with Crippen molar-refractivity contribution < 1.29 is 4.74 Å². The Labute approximate surface area is 199 Å². The molecule has 1 aromatic carbocycles. The molecule has 2 bridgehead atoms. The number of halogens is 1. The molecule has 0 radical (unpaired) electrons. The van der Waals surface area contributed by atoms with Gasteiger partial charge in [0.2, 0.25) is 0 Å². The number of hydrogen-bond donors (Lipinski definition) is 2. The molecule has 168 valence electrons. The Morgan fingerprint density at radius 3 is 2.57 bits per heavy atom. The molecule has 0 saturated carbocycles. The van der Waals surface area contributed by atoms with Gasteiger partial charge in [0.25, 0.3) is 0 Å². The van der Waals surface area contributed by atoms with E-state index in [0.717, 1.165) is 24.8 Å². The van der Waals surface area contributed by atoms with Crippen molar-refractivity contribution >= 4 is 29.9 Å². The van der Waals surface area contributed by atoms with Gasteiger partial charge in [-0.3, -0.25) is 4.99 Å². The summed E-state index contributed by atoms with van der Waals surface area (Å²) >= 11 is 0. The maximum Gasteiger partial charge on any atom is 0.191 e. The molecule has 1 aromatic rings. The highest BCUT2D eigenvalue weighted by atomic mass is 127. The van der Waals surface area contributed by atoms with E-state index < -0.39 is 0 Å². The fraction of sp³-hybridized carbons (Fsp3) is 0.708. The average Bonchev–Trinajstić information content (AvgIpc) is 3.38. The molecule has 5 nitrogen and oxygen atoms in total. The topological polar surface area (TPSA) is 48.9 Å². The third kappa shape index (κ3) is 6.82. The molecule has 3 atom stereocenters. The second-order valence-corrected chi connectivity index (χ2v) is 9.04. The minimum atomic E-state index is 0. The molecule has 0 aliphatic carbocycles. The van der Waals surface area contributed by atoms with Crippen molar-refractivity contribution in [2.45, 2.75) is 69.6 Å². The van der Waals surface area contributed by atoms with E-state index in [0.29, 0.717) is 18.2 Å². The van der Waals surface area contributed by atoms with Gasteiger partial charge in [0, 0.05) is 13.6 Å². The maximum atomic E-state index is 5.93. The van der Waals surface area contributed by atoms with Crippen LogP contribution in [-0.4, -0.2) is 62.3 Å². The molecule has 30 heavy (non-hydrogen) atoms. The predicted molar refractivity (Wildman–Crippen MR) is 135 cm³/mol. The van der Waals surface area contributed by atoms with Crippen LogP contribution in [0.5, 0.6) is 0 Å². The summed E-state index contributed by atoms with van der Waals surface area (Å²) in [5, 5.41) is 7.06. The Morgan fingerprint density at radius 2 is 1.90 bits per heavy atom. The molecule has 0 spiro atoms. The molecule has 2 N–H and O–H groups in total. The van der Waals surface area contributed by atoms with Crippen LogP contribution in [0.15, 0.2) is 35.3 Å². The molecule has 0 aromatic heterocycles. The van der Waals surface area contributed by atoms with Crippen molar-refractivity contribution in [1.82, 2.24) is 15.5 Å². The van der Waals surface area contributed by atoms with Crippen LogP contribution < -0.4 is 10.6 Å². The number of hydrogen-bond acceptors (Lipinski definition) is 3. The molecule has 3 aliphatic heterocycles. The van der Waals surface area contributed by atoms with E-state index in [1.807, 2.05) is 7.05 Å². The van der Waals surface area contributed by atoms with Gasteiger partial charge < -0.3 is 20.3 Å². The Kier molecular flexibility index (Phi) is 9.71. The molecule has 4 rings (SSSR count). The molecule has 3 unspecified atom stereocenters. The van der Waals surface area contributed by atoms with E-state index in [4.69, 9.17) is 4.74 Å².